The largest absolute Gasteiger partial charge is 0.508 e. The van der Waals surface area contributed by atoms with E-state index in [-0.39, 0.29) is 17.5 Å². The van der Waals surface area contributed by atoms with Gasteiger partial charge in [-0.2, -0.15) is 0 Å². The van der Waals surface area contributed by atoms with Crippen molar-refractivity contribution in [1.29, 1.82) is 0 Å². The molecule has 1 atom stereocenters. The van der Waals surface area contributed by atoms with Crippen LogP contribution in [0.3, 0.4) is 0 Å². The standard InChI is InChI=1S/C15H23NO2/c1-10(2)15(3,4)14(18)13(16)9-11-5-7-12(17)8-6-11/h5-8,10,13,17H,9,16H2,1-4H3/t13-/m0/s1. The van der Waals surface area contributed by atoms with E-state index in [1.54, 1.807) is 24.3 Å². The van der Waals surface area contributed by atoms with Crippen molar-refractivity contribution in [2.24, 2.45) is 17.1 Å². The number of rotatable bonds is 5. The number of hydrogen-bond donors (Lipinski definition) is 2. The lowest BCUT2D eigenvalue weighted by Gasteiger charge is -2.30. The molecule has 3 nitrogen and oxygen atoms in total. The van der Waals surface area contributed by atoms with E-state index in [1.807, 2.05) is 27.7 Å². The number of carbonyl (C=O) groups is 1. The molecule has 0 spiro atoms. The molecular formula is C15H23NO2. The molecule has 0 saturated carbocycles. The van der Waals surface area contributed by atoms with Crippen LogP contribution in [0.25, 0.3) is 0 Å². The van der Waals surface area contributed by atoms with Crippen LogP contribution in [-0.4, -0.2) is 16.9 Å². The summed E-state index contributed by atoms with van der Waals surface area (Å²) in [6.45, 7) is 7.95. The fourth-order valence-corrected chi connectivity index (χ4v) is 1.74. The van der Waals surface area contributed by atoms with Gasteiger partial charge >= 0.3 is 0 Å². The van der Waals surface area contributed by atoms with E-state index in [0.717, 1.165) is 5.56 Å². The lowest BCUT2D eigenvalue weighted by atomic mass is 9.74. The van der Waals surface area contributed by atoms with Crippen LogP contribution in [0.4, 0.5) is 0 Å². The van der Waals surface area contributed by atoms with E-state index in [4.69, 9.17) is 5.73 Å². The van der Waals surface area contributed by atoms with Crippen molar-refractivity contribution >= 4 is 5.78 Å². The first-order valence-corrected chi connectivity index (χ1v) is 6.33. The van der Waals surface area contributed by atoms with Crippen molar-refractivity contribution in [3.05, 3.63) is 29.8 Å². The van der Waals surface area contributed by atoms with Crippen LogP contribution in [0, 0.1) is 11.3 Å². The Bertz CT molecular complexity index is 407. The van der Waals surface area contributed by atoms with Crippen molar-refractivity contribution in [2.45, 2.75) is 40.2 Å². The smallest absolute Gasteiger partial charge is 0.155 e. The van der Waals surface area contributed by atoms with Gasteiger partial charge < -0.3 is 10.8 Å². The number of aromatic hydroxyl groups is 1. The second kappa shape index (κ2) is 5.53. The molecule has 100 valence electrons. The molecule has 3 N–H and O–H groups in total. The van der Waals surface area contributed by atoms with Gasteiger partial charge in [0.15, 0.2) is 5.78 Å². The summed E-state index contributed by atoms with van der Waals surface area (Å²) in [7, 11) is 0. The first kappa shape index (κ1) is 14.7. The van der Waals surface area contributed by atoms with Crippen LogP contribution in [0.2, 0.25) is 0 Å². The number of carbonyl (C=O) groups excluding carboxylic acids is 1. The minimum atomic E-state index is -0.494. The van der Waals surface area contributed by atoms with Gasteiger partial charge in [-0.25, -0.2) is 0 Å². The van der Waals surface area contributed by atoms with Crippen LogP contribution >= 0.6 is 0 Å². The van der Waals surface area contributed by atoms with Gasteiger partial charge in [0.05, 0.1) is 6.04 Å². The number of phenols is 1. The second-order valence-corrected chi connectivity index (χ2v) is 5.72. The molecule has 0 fully saturated rings. The van der Waals surface area contributed by atoms with Crippen molar-refractivity contribution < 1.29 is 9.90 Å². The minimum Gasteiger partial charge on any atom is -0.508 e. The summed E-state index contributed by atoms with van der Waals surface area (Å²) < 4.78 is 0. The van der Waals surface area contributed by atoms with Crippen LogP contribution in [-0.2, 0) is 11.2 Å². The maximum Gasteiger partial charge on any atom is 0.155 e. The lowest BCUT2D eigenvalue weighted by Crippen LogP contribution is -2.44. The number of Topliss-reactive ketones (excluding diaryl/α,β-unsaturated/α-hetero) is 1. The van der Waals surface area contributed by atoms with Gasteiger partial charge in [-0.15, -0.1) is 0 Å². The monoisotopic (exact) mass is 249 g/mol. The normalized spacial score (nSPS) is 13.7. The van der Waals surface area contributed by atoms with Crippen molar-refractivity contribution in [2.75, 3.05) is 0 Å². The van der Waals surface area contributed by atoms with Crippen molar-refractivity contribution in [3.8, 4) is 5.75 Å². The first-order chi connectivity index (χ1) is 8.25. The van der Waals surface area contributed by atoms with E-state index in [1.165, 1.54) is 0 Å². The summed E-state index contributed by atoms with van der Waals surface area (Å²) in [6, 6.07) is 6.32. The zero-order chi connectivity index (χ0) is 13.9. The summed E-state index contributed by atoms with van der Waals surface area (Å²) in [5, 5.41) is 9.20. The molecule has 0 saturated heterocycles. The Kier molecular flexibility index (Phi) is 4.52. The third-order valence-electron chi connectivity index (χ3n) is 3.81. The van der Waals surface area contributed by atoms with Gasteiger partial charge in [0.1, 0.15) is 5.75 Å². The predicted molar refractivity (Wildman–Crippen MR) is 73.4 cm³/mol. The predicted octanol–water partition coefficient (Wildman–Crippen LogP) is 2.51. The topological polar surface area (TPSA) is 63.3 Å². The molecule has 0 aromatic heterocycles. The third-order valence-corrected chi connectivity index (χ3v) is 3.81. The molecule has 0 amide bonds. The lowest BCUT2D eigenvalue weighted by molar-refractivity contribution is -0.130. The molecule has 0 unspecified atom stereocenters. The molecule has 1 rings (SSSR count). The summed E-state index contributed by atoms with van der Waals surface area (Å²) in [4.78, 5) is 12.3. The molecule has 0 aliphatic rings. The second-order valence-electron chi connectivity index (χ2n) is 5.72. The quantitative estimate of drug-likeness (QED) is 0.842. The zero-order valence-corrected chi connectivity index (χ0v) is 11.6. The van der Waals surface area contributed by atoms with Crippen molar-refractivity contribution in [3.63, 3.8) is 0 Å². The fourth-order valence-electron chi connectivity index (χ4n) is 1.74. The maximum absolute atomic E-state index is 12.3. The van der Waals surface area contributed by atoms with Gasteiger partial charge in [-0.05, 0) is 30.0 Å². The molecule has 18 heavy (non-hydrogen) atoms. The molecule has 1 aromatic carbocycles. The Morgan fingerprint density at radius 2 is 1.78 bits per heavy atom. The number of phenolic OH excluding ortho intramolecular Hbond substituents is 1. The molecular weight excluding hydrogens is 226 g/mol. The number of nitrogens with two attached hydrogens (primary N) is 1. The summed E-state index contributed by atoms with van der Waals surface area (Å²) in [6.07, 6.45) is 0.509. The molecule has 0 bridgehead atoms. The van der Waals surface area contributed by atoms with E-state index >= 15 is 0 Å². The number of hydrogen-bond acceptors (Lipinski definition) is 3. The third kappa shape index (κ3) is 3.33. The number of ketones is 1. The highest BCUT2D eigenvalue weighted by Crippen LogP contribution is 2.28. The van der Waals surface area contributed by atoms with E-state index < -0.39 is 11.5 Å². The maximum atomic E-state index is 12.3. The van der Waals surface area contributed by atoms with E-state index in [2.05, 4.69) is 0 Å². The Morgan fingerprint density at radius 1 is 1.28 bits per heavy atom. The SMILES string of the molecule is CC(C)C(C)(C)C(=O)[C@@H](N)Cc1ccc(O)cc1. The number of benzene rings is 1. The summed E-state index contributed by atoms with van der Waals surface area (Å²) in [5.41, 5.74) is 6.56. The van der Waals surface area contributed by atoms with Gasteiger partial charge in [0, 0.05) is 5.41 Å². The molecule has 1 aromatic rings. The van der Waals surface area contributed by atoms with Gasteiger partial charge in [0.25, 0.3) is 0 Å². The van der Waals surface area contributed by atoms with Crippen LogP contribution in [0.15, 0.2) is 24.3 Å². The van der Waals surface area contributed by atoms with Gasteiger partial charge in [-0.3, -0.25) is 4.79 Å². The molecule has 0 aliphatic heterocycles. The molecule has 3 heteroatoms. The molecule has 0 radical (unpaired) electrons. The fraction of sp³-hybridized carbons (Fsp3) is 0.533. The average Bonchev–Trinajstić information content (AvgIpc) is 2.30. The van der Waals surface area contributed by atoms with Gasteiger partial charge in [0.2, 0.25) is 0 Å². The van der Waals surface area contributed by atoms with Crippen LogP contribution in [0.5, 0.6) is 5.75 Å². The zero-order valence-electron chi connectivity index (χ0n) is 11.6. The van der Waals surface area contributed by atoms with E-state index in [0.29, 0.717) is 6.42 Å². The van der Waals surface area contributed by atoms with E-state index in [9.17, 15) is 9.90 Å². The van der Waals surface area contributed by atoms with Crippen LogP contribution < -0.4 is 5.73 Å². The molecule has 0 heterocycles. The first-order valence-electron chi connectivity index (χ1n) is 6.33. The Balaban J connectivity index is 2.74. The summed E-state index contributed by atoms with van der Waals surface area (Å²) >= 11 is 0. The highest BCUT2D eigenvalue weighted by Gasteiger charge is 2.34. The van der Waals surface area contributed by atoms with Crippen molar-refractivity contribution in [1.82, 2.24) is 0 Å². The van der Waals surface area contributed by atoms with Gasteiger partial charge in [-0.1, -0.05) is 39.8 Å². The molecule has 0 aliphatic carbocycles. The summed E-state index contributed by atoms with van der Waals surface area (Å²) in [5.74, 6) is 0.572. The highest BCUT2D eigenvalue weighted by atomic mass is 16.3. The minimum absolute atomic E-state index is 0.0885. The highest BCUT2D eigenvalue weighted by molar-refractivity contribution is 5.89. The Labute approximate surface area is 109 Å². The Morgan fingerprint density at radius 3 is 2.22 bits per heavy atom. The van der Waals surface area contributed by atoms with Crippen LogP contribution in [0.1, 0.15) is 33.3 Å². The average molecular weight is 249 g/mol. The Hall–Kier alpha value is -1.35.